The lowest BCUT2D eigenvalue weighted by Gasteiger charge is -2.10. The van der Waals surface area contributed by atoms with Crippen molar-refractivity contribution in [3.05, 3.63) is 39.7 Å². The first-order chi connectivity index (χ1) is 8.10. The second-order valence-electron chi connectivity index (χ2n) is 3.86. The first-order valence-electron chi connectivity index (χ1n) is 5.17. The SMILES string of the molecule is COc1ccc2c(C)c(C#N)c(=O)n(C)c2c1. The number of nitriles is 1. The Morgan fingerprint density at radius 2 is 2.12 bits per heavy atom. The summed E-state index contributed by atoms with van der Waals surface area (Å²) in [6.07, 6.45) is 0. The molecule has 0 amide bonds. The van der Waals surface area contributed by atoms with E-state index in [-0.39, 0.29) is 11.1 Å². The first-order valence-corrected chi connectivity index (χ1v) is 5.17. The lowest BCUT2D eigenvalue weighted by atomic mass is 10.0. The van der Waals surface area contributed by atoms with Gasteiger partial charge in [0.2, 0.25) is 0 Å². The lowest BCUT2D eigenvalue weighted by Crippen LogP contribution is -2.21. The molecule has 2 aromatic rings. The lowest BCUT2D eigenvalue weighted by molar-refractivity contribution is 0.415. The molecule has 4 heteroatoms. The Morgan fingerprint density at radius 3 is 2.71 bits per heavy atom. The molecule has 86 valence electrons. The number of ether oxygens (including phenoxy) is 1. The van der Waals surface area contributed by atoms with Crippen molar-refractivity contribution in [2.75, 3.05) is 7.11 Å². The van der Waals surface area contributed by atoms with Gasteiger partial charge in [-0.05, 0) is 24.6 Å². The summed E-state index contributed by atoms with van der Waals surface area (Å²) in [6, 6.07) is 7.44. The highest BCUT2D eigenvalue weighted by molar-refractivity contribution is 5.85. The zero-order valence-electron chi connectivity index (χ0n) is 9.94. The molecule has 0 fully saturated rings. The van der Waals surface area contributed by atoms with Crippen molar-refractivity contribution < 1.29 is 4.74 Å². The monoisotopic (exact) mass is 228 g/mol. The van der Waals surface area contributed by atoms with Crippen molar-refractivity contribution in [2.45, 2.75) is 6.92 Å². The van der Waals surface area contributed by atoms with E-state index >= 15 is 0 Å². The molecular weight excluding hydrogens is 216 g/mol. The Hall–Kier alpha value is -2.28. The van der Waals surface area contributed by atoms with Crippen LogP contribution in [0.2, 0.25) is 0 Å². The van der Waals surface area contributed by atoms with Crippen LogP contribution in [0.15, 0.2) is 23.0 Å². The van der Waals surface area contributed by atoms with Crippen molar-refractivity contribution in [3.63, 3.8) is 0 Å². The molecule has 1 aromatic carbocycles. The van der Waals surface area contributed by atoms with Gasteiger partial charge in [0.25, 0.3) is 5.56 Å². The molecule has 17 heavy (non-hydrogen) atoms. The van der Waals surface area contributed by atoms with Gasteiger partial charge in [0.05, 0.1) is 12.6 Å². The van der Waals surface area contributed by atoms with Crippen LogP contribution in [-0.4, -0.2) is 11.7 Å². The highest BCUT2D eigenvalue weighted by Crippen LogP contribution is 2.23. The number of methoxy groups -OCH3 is 1. The molecule has 0 saturated heterocycles. The summed E-state index contributed by atoms with van der Waals surface area (Å²) in [5, 5.41) is 9.89. The second-order valence-corrected chi connectivity index (χ2v) is 3.86. The van der Waals surface area contributed by atoms with Crippen LogP contribution in [0.1, 0.15) is 11.1 Å². The molecule has 0 radical (unpaired) electrons. The van der Waals surface area contributed by atoms with Gasteiger partial charge in [-0.2, -0.15) is 5.26 Å². The molecule has 1 aromatic heterocycles. The van der Waals surface area contributed by atoms with Gasteiger partial charge in [0, 0.05) is 18.5 Å². The predicted molar refractivity (Wildman–Crippen MR) is 65.2 cm³/mol. The van der Waals surface area contributed by atoms with Crippen LogP contribution in [0.25, 0.3) is 10.9 Å². The number of nitrogens with zero attached hydrogens (tertiary/aromatic N) is 2. The number of fused-ring (bicyclic) bond motifs is 1. The van der Waals surface area contributed by atoms with Crippen molar-refractivity contribution in [1.29, 1.82) is 5.26 Å². The summed E-state index contributed by atoms with van der Waals surface area (Å²) in [6.45, 7) is 1.79. The molecule has 4 nitrogen and oxygen atoms in total. The molecule has 0 saturated carbocycles. The van der Waals surface area contributed by atoms with Gasteiger partial charge < -0.3 is 9.30 Å². The Labute approximate surface area is 98.7 Å². The van der Waals surface area contributed by atoms with Crippen molar-refractivity contribution >= 4 is 10.9 Å². The fourth-order valence-corrected chi connectivity index (χ4v) is 1.94. The standard InChI is InChI=1S/C13H12N2O2/c1-8-10-5-4-9(17-3)6-12(10)15(2)13(16)11(8)7-14/h4-6H,1-3H3. The van der Waals surface area contributed by atoms with Gasteiger partial charge in [0.1, 0.15) is 17.4 Å². The van der Waals surface area contributed by atoms with Crippen LogP contribution in [0.4, 0.5) is 0 Å². The third kappa shape index (κ3) is 1.56. The van der Waals surface area contributed by atoms with E-state index in [0.717, 1.165) is 10.9 Å². The van der Waals surface area contributed by atoms with E-state index in [4.69, 9.17) is 10.00 Å². The van der Waals surface area contributed by atoms with E-state index in [9.17, 15) is 4.79 Å². The molecule has 0 bridgehead atoms. The van der Waals surface area contributed by atoms with Crippen LogP contribution in [0, 0.1) is 18.3 Å². The smallest absolute Gasteiger partial charge is 0.268 e. The molecule has 0 aliphatic heterocycles. The number of pyridine rings is 1. The maximum absolute atomic E-state index is 11.9. The number of aryl methyl sites for hydroxylation is 2. The number of hydrogen-bond acceptors (Lipinski definition) is 3. The average molecular weight is 228 g/mol. The van der Waals surface area contributed by atoms with Gasteiger partial charge in [-0.15, -0.1) is 0 Å². The fraction of sp³-hybridized carbons (Fsp3) is 0.231. The second kappa shape index (κ2) is 3.95. The minimum Gasteiger partial charge on any atom is -0.497 e. The summed E-state index contributed by atoms with van der Waals surface area (Å²) in [5.74, 6) is 0.691. The van der Waals surface area contributed by atoms with Crippen LogP contribution < -0.4 is 10.3 Å². The first kappa shape index (κ1) is 11.2. The molecule has 2 rings (SSSR count). The van der Waals surface area contributed by atoms with Crippen molar-refractivity contribution in [2.24, 2.45) is 7.05 Å². The van der Waals surface area contributed by atoms with Gasteiger partial charge in [-0.1, -0.05) is 0 Å². The maximum atomic E-state index is 11.9. The summed E-state index contributed by atoms with van der Waals surface area (Å²) in [4.78, 5) is 11.9. The molecular formula is C13H12N2O2. The zero-order valence-corrected chi connectivity index (χ0v) is 9.94. The fourth-order valence-electron chi connectivity index (χ4n) is 1.94. The summed E-state index contributed by atoms with van der Waals surface area (Å²) < 4.78 is 6.61. The topological polar surface area (TPSA) is 55.0 Å². The predicted octanol–water partition coefficient (Wildman–Crippen LogP) is 1.73. The van der Waals surface area contributed by atoms with Gasteiger partial charge in [0.15, 0.2) is 0 Å². The van der Waals surface area contributed by atoms with E-state index in [2.05, 4.69) is 0 Å². The number of aromatic nitrogens is 1. The van der Waals surface area contributed by atoms with Crippen LogP contribution in [0.3, 0.4) is 0 Å². The zero-order chi connectivity index (χ0) is 12.6. The Kier molecular flexibility index (Phi) is 2.60. The Morgan fingerprint density at radius 1 is 1.41 bits per heavy atom. The summed E-state index contributed by atoms with van der Waals surface area (Å²) in [7, 11) is 3.24. The van der Waals surface area contributed by atoms with E-state index in [1.54, 1.807) is 27.1 Å². The summed E-state index contributed by atoms with van der Waals surface area (Å²) >= 11 is 0. The van der Waals surface area contributed by atoms with E-state index in [0.29, 0.717) is 11.3 Å². The third-order valence-electron chi connectivity index (χ3n) is 2.98. The maximum Gasteiger partial charge on any atom is 0.268 e. The average Bonchev–Trinajstić information content (AvgIpc) is 2.36. The third-order valence-corrected chi connectivity index (χ3v) is 2.98. The highest BCUT2D eigenvalue weighted by atomic mass is 16.5. The van der Waals surface area contributed by atoms with Crippen molar-refractivity contribution in [1.82, 2.24) is 4.57 Å². The van der Waals surface area contributed by atoms with Gasteiger partial charge in [-0.3, -0.25) is 4.79 Å². The van der Waals surface area contributed by atoms with E-state index in [1.807, 2.05) is 18.2 Å². The molecule has 0 N–H and O–H groups in total. The molecule has 0 unspecified atom stereocenters. The van der Waals surface area contributed by atoms with Crippen LogP contribution in [0.5, 0.6) is 5.75 Å². The number of benzene rings is 1. The number of rotatable bonds is 1. The van der Waals surface area contributed by atoms with E-state index < -0.39 is 0 Å². The molecule has 1 heterocycles. The minimum atomic E-state index is -0.272. The van der Waals surface area contributed by atoms with Crippen LogP contribution in [-0.2, 0) is 7.05 Å². The largest absolute Gasteiger partial charge is 0.497 e. The van der Waals surface area contributed by atoms with Gasteiger partial charge >= 0.3 is 0 Å². The normalized spacial score (nSPS) is 10.2. The number of hydrogen-bond donors (Lipinski definition) is 0. The summed E-state index contributed by atoms with van der Waals surface area (Å²) in [5.41, 5.74) is 1.41. The molecule has 0 aliphatic rings. The van der Waals surface area contributed by atoms with Crippen molar-refractivity contribution in [3.8, 4) is 11.8 Å². The van der Waals surface area contributed by atoms with Gasteiger partial charge in [-0.25, -0.2) is 0 Å². The Bertz CT molecular complexity index is 693. The molecule has 0 aliphatic carbocycles. The minimum absolute atomic E-state index is 0.199. The van der Waals surface area contributed by atoms with Crippen LogP contribution >= 0.6 is 0 Å². The Balaban J connectivity index is 2.99. The van der Waals surface area contributed by atoms with E-state index in [1.165, 1.54) is 4.57 Å². The highest BCUT2D eigenvalue weighted by Gasteiger charge is 2.11. The molecule has 0 atom stereocenters. The quantitative estimate of drug-likeness (QED) is 0.746. The molecule has 0 spiro atoms.